The zero-order chi connectivity index (χ0) is 21.1. The summed E-state index contributed by atoms with van der Waals surface area (Å²) < 4.78 is 1.64. The fraction of sp³-hybridized carbons (Fsp3) is 0.190. The number of nitrogens with one attached hydrogen (secondary N) is 2. The van der Waals surface area contributed by atoms with Gasteiger partial charge in [-0.2, -0.15) is 0 Å². The number of carbonyl (C=O) groups excluding carboxylic acids is 2. The van der Waals surface area contributed by atoms with Crippen LogP contribution in [0.1, 0.15) is 18.5 Å². The molecule has 0 spiro atoms. The Balaban J connectivity index is 1.52. The summed E-state index contributed by atoms with van der Waals surface area (Å²) in [6.45, 7) is 0. The molecule has 7 nitrogen and oxygen atoms in total. The highest BCUT2D eigenvalue weighted by atomic mass is 32.2. The molecule has 1 aliphatic heterocycles. The summed E-state index contributed by atoms with van der Waals surface area (Å²) in [5.74, 6) is -1.42. The summed E-state index contributed by atoms with van der Waals surface area (Å²) in [6.07, 6.45) is 0.250. The lowest BCUT2D eigenvalue weighted by Crippen LogP contribution is -2.34. The van der Waals surface area contributed by atoms with Crippen molar-refractivity contribution >= 4 is 46.6 Å². The third-order valence-corrected chi connectivity index (χ3v) is 6.81. The second-order valence-corrected chi connectivity index (χ2v) is 8.94. The predicted molar refractivity (Wildman–Crippen MR) is 117 cm³/mol. The van der Waals surface area contributed by atoms with E-state index >= 15 is 0 Å². The van der Waals surface area contributed by atoms with Gasteiger partial charge in [-0.25, -0.2) is 0 Å². The molecule has 2 aromatic heterocycles. The van der Waals surface area contributed by atoms with Crippen LogP contribution in [-0.2, 0) is 20.8 Å². The molecule has 30 heavy (non-hydrogen) atoms. The van der Waals surface area contributed by atoms with E-state index in [0.29, 0.717) is 5.69 Å². The monoisotopic (exact) mass is 441 g/mol. The number of carboxylic acids is 1. The molecule has 2 amide bonds. The Kier molecular flexibility index (Phi) is 5.91. The number of thioether (sulfide) groups is 1. The minimum Gasteiger partial charge on any atom is -0.481 e. The van der Waals surface area contributed by atoms with Crippen LogP contribution < -0.4 is 10.7 Å². The molecule has 0 bridgehead atoms. The Hall–Kier alpha value is -3.04. The Morgan fingerprint density at radius 1 is 1.13 bits per heavy atom. The minimum atomic E-state index is -0.902. The number of anilines is 1. The maximum atomic E-state index is 12.8. The first-order valence-corrected chi connectivity index (χ1v) is 11.1. The van der Waals surface area contributed by atoms with Crippen molar-refractivity contribution in [3.63, 3.8) is 0 Å². The van der Waals surface area contributed by atoms with Crippen LogP contribution >= 0.6 is 23.1 Å². The molecule has 1 atom stereocenters. The first kappa shape index (κ1) is 20.2. The van der Waals surface area contributed by atoms with Crippen molar-refractivity contribution in [1.82, 2.24) is 4.68 Å². The number of aryl methyl sites for hydroxylation is 1. The maximum absolute atomic E-state index is 12.8. The molecule has 0 fully saturated rings. The number of aliphatic carboxylic acids is 1. The van der Waals surface area contributed by atoms with Crippen LogP contribution in [0.15, 0.2) is 58.8 Å². The molecule has 0 saturated carbocycles. The molecule has 3 N–H and O–H groups in total. The number of para-hydroxylation sites is 1. The van der Waals surface area contributed by atoms with Crippen molar-refractivity contribution in [1.29, 1.82) is 0 Å². The summed E-state index contributed by atoms with van der Waals surface area (Å²) >= 11 is 2.90. The van der Waals surface area contributed by atoms with Gasteiger partial charge in [-0.1, -0.05) is 18.2 Å². The Bertz CT molecular complexity index is 1090. The highest BCUT2D eigenvalue weighted by molar-refractivity contribution is 8.01. The SMILES string of the molecule is O=C(O)CCc1ccc(-c2cccs2)n1NC(=O)C[C@H]1Sc2ccccc2NC1=O. The molecular formula is C21H19N3O4S2. The van der Waals surface area contributed by atoms with Crippen LogP contribution in [0.2, 0.25) is 0 Å². The van der Waals surface area contributed by atoms with E-state index in [1.54, 1.807) is 4.68 Å². The van der Waals surface area contributed by atoms with E-state index in [2.05, 4.69) is 10.7 Å². The lowest BCUT2D eigenvalue weighted by atomic mass is 10.2. The van der Waals surface area contributed by atoms with Crippen molar-refractivity contribution in [2.24, 2.45) is 0 Å². The summed E-state index contributed by atoms with van der Waals surface area (Å²) in [5.41, 5.74) is 5.09. The van der Waals surface area contributed by atoms with Crippen LogP contribution in [0.4, 0.5) is 5.69 Å². The third kappa shape index (κ3) is 4.42. The van der Waals surface area contributed by atoms with E-state index in [4.69, 9.17) is 5.11 Å². The Morgan fingerprint density at radius 3 is 2.73 bits per heavy atom. The number of hydrogen-bond acceptors (Lipinski definition) is 5. The molecule has 1 aliphatic rings. The first-order valence-electron chi connectivity index (χ1n) is 9.34. The van der Waals surface area contributed by atoms with Crippen molar-refractivity contribution in [2.75, 3.05) is 10.7 Å². The number of benzene rings is 1. The number of carbonyl (C=O) groups is 3. The van der Waals surface area contributed by atoms with Gasteiger partial charge in [0.25, 0.3) is 0 Å². The fourth-order valence-corrected chi connectivity index (χ4v) is 5.07. The zero-order valence-electron chi connectivity index (χ0n) is 15.8. The van der Waals surface area contributed by atoms with Crippen molar-refractivity contribution in [3.05, 3.63) is 59.6 Å². The summed E-state index contributed by atoms with van der Waals surface area (Å²) in [5, 5.41) is 13.3. The van der Waals surface area contributed by atoms with Gasteiger partial charge in [0, 0.05) is 23.4 Å². The van der Waals surface area contributed by atoms with Gasteiger partial charge < -0.3 is 10.4 Å². The van der Waals surface area contributed by atoms with Gasteiger partial charge in [0.1, 0.15) is 0 Å². The van der Waals surface area contributed by atoms with Crippen molar-refractivity contribution < 1.29 is 19.5 Å². The second kappa shape index (κ2) is 8.76. The molecule has 3 aromatic rings. The lowest BCUT2D eigenvalue weighted by molar-refractivity contribution is -0.137. The van der Waals surface area contributed by atoms with Crippen LogP contribution in [0.5, 0.6) is 0 Å². The number of hydrogen-bond donors (Lipinski definition) is 3. The van der Waals surface area contributed by atoms with Crippen molar-refractivity contribution in [3.8, 4) is 10.6 Å². The van der Waals surface area contributed by atoms with Gasteiger partial charge in [-0.15, -0.1) is 23.1 Å². The highest BCUT2D eigenvalue weighted by Gasteiger charge is 2.29. The normalized spacial score (nSPS) is 15.3. The Morgan fingerprint density at radius 2 is 1.97 bits per heavy atom. The van der Waals surface area contributed by atoms with Gasteiger partial charge in [-0.3, -0.25) is 24.5 Å². The zero-order valence-corrected chi connectivity index (χ0v) is 17.5. The molecule has 3 heterocycles. The van der Waals surface area contributed by atoms with Crippen molar-refractivity contribution in [2.45, 2.75) is 29.4 Å². The van der Waals surface area contributed by atoms with E-state index in [1.807, 2.05) is 53.9 Å². The number of nitrogens with zero attached hydrogens (tertiary/aromatic N) is 1. The number of fused-ring (bicyclic) bond motifs is 1. The second-order valence-electron chi connectivity index (χ2n) is 6.75. The number of thiophene rings is 1. The molecule has 4 rings (SSSR count). The van der Waals surface area contributed by atoms with Gasteiger partial charge in [0.2, 0.25) is 11.8 Å². The van der Waals surface area contributed by atoms with E-state index in [-0.39, 0.29) is 31.1 Å². The molecule has 0 aliphatic carbocycles. The van der Waals surface area contributed by atoms with Gasteiger partial charge >= 0.3 is 5.97 Å². The number of amides is 2. The minimum absolute atomic E-state index is 0.00522. The topological polar surface area (TPSA) is 100 Å². The molecule has 9 heteroatoms. The Labute approximate surface area is 181 Å². The highest BCUT2D eigenvalue weighted by Crippen LogP contribution is 2.36. The molecule has 154 valence electrons. The van der Waals surface area contributed by atoms with Gasteiger partial charge in [-0.05, 0) is 35.7 Å². The van der Waals surface area contributed by atoms with Crippen LogP contribution in [-0.4, -0.2) is 32.8 Å². The van der Waals surface area contributed by atoms with E-state index in [0.717, 1.165) is 21.2 Å². The molecule has 1 aromatic carbocycles. The average Bonchev–Trinajstić information content (AvgIpc) is 3.37. The smallest absolute Gasteiger partial charge is 0.303 e. The quantitative estimate of drug-likeness (QED) is 0.518. The van der Waals surface area contributed by atoms with Crippen LogP contribution in [0.3, 0.4) is 0 Å². The van der Waals surface area contributed by atoms with Crippen LogP contribution in [0, 0.1) is 0 Å². The largest absolute Gasteiger partial charge is 0.481 e. The summed E-state index contributed by atoms with van der Waals surface area (Å²) in [6, 6.07) is 15.0. The first-order chi connectivity index (χ1) is 14.5. The number of aromatic nitrogens is 1. The third-order valence-electron chi connectivity index (χ3n) is 4.64. The molecular weight excluding hydrogens is 422 g/mol. The number of carboxylic acid groups (broad SMARTS) is 1. The van der Waals surface area contributed by atoms with E-state index < -0.39 is 11.2 Å². The lowest BCUT2D eigenvalue weighted by Gasteiger charge is -2.24. The predicted octanol–water partition coefficient (Wildman–Crippen LogP) is 3.81. The van der Waals surface area contributed by atoms with E-state index in [9.17, 15) is 14.4 Å². The average molecular weight is 442 g/mol. The van der Waals surface area contributed by atoms with Gasteiger partial charge in [0.15, 0.2) is 0 Å². The molecule has 0 radical (unpaired) electrons. The maximum Gasteiger partial charge on any atom is 0.303 e. The van der Waals surface area contributed by atoms with Crippen LogP contribution in [0.25, 0.3) is 10.6 Å². The standard InChI is InChI=1S/C21H19N3O4S2/c25-19(12-18-21(28)22-14-4-1-2-5-16(14)30-18)23-24-13(8-10-20(26)27)7-9-15(24)17-6-3-11-29-17/h1-7,9,11,18H,8,10,12H2,(H,22,28)(H,23,25)(H,26,27)/t18-/m1/s1. The number of rotatable bonds is 7. The van der Waals surface area contributed by atoms with E-state index in [1.165, 1.54) is 23.1 Å². The van der Waals surface area contributed by atoms with Gasteiger partial charge in [0.05, 0.1) is 27.9 Å². The molecule has 0 unspecified atom stereocenters. The summed E-state index contributed by atoms with van der Waals surface area (Å²) in [7, 11) is 0. The molecule has 0 saturated heterocycles. The summed E-state index contributed by atoms with van der Waals surface area (Å²) in [4.78, 5) is 38.1. The fourth-order valence-electron chi connectivity index (χ4n) is 3.22.